The Labute approximate surface area is 134 Å². The number of benzene rings is 1. The third-order valence-corrected chi connectivity index (χ3v) is 4.45. The number of nitrogens with one attached hydrogen (secondary N) is 1. The molecule has 23 heavy (non-hydrogen) atoms. The first kappa shape index (κ1) is 15.8. The van der Waals surface area contributed by atoms with E-state index in [9.17, 15) is 13.2 Å². The molecule has 2 aromatic rings. The second-order valence-electron chi connectivity index (χ2n) is 6.08. The number of halogens is 3. The quantitative estimate of drug-likeness (QED) is 0.836. The number of hydrogen-bond donors (Lipinski definition) is 0. The molecule has 122 valence electrons. The summed E-state index contributed by atoms with van der Waals surface area (Å²) >= 11 is 0. The van der Waals surface area contributed by atoms with Crippen LogP contribution in [0.3, 0.4) is 0 Å². The molecule has 2 nitrogen and oxygen atoms in total. The topological polar surface area (TPSA) is 17.4 Å². The van der Waals surface area contributed by atoms with E-state index in [2.05, 4.69) is 34.1 Å². The molecule has 0 bridgehead atoms. The van der Waals surface area contributed by atoms with Gasteiger partial charge in [0.05, 0.1) is 18.7 Å². The highest BCUT2D eigenvalue weighted by molar-refractivity contribution is 5.34. The third kappa shape index (κ3) is 4.03. The van der Waals surface area contributed by atoms with E-state index < -0.39 is 11.7 Å². The highest BCUT2D eigenvalue weighted by Gasteiger charge is 2.32. The van der Waals surface area contributed by atoms with E-state index in [0.29, 0.717) is 5.92 Å². The number of piperidine rings is 1. The number of alkyl halides is 3. The van der Waals surface area contributed by atoms with Gasteiger partial charge in [0.1, 0.15) is 6.20 Å². The molecule has 1 aromatic heterocycles. The van der Waals surface area contributed by atoms with Crippen LogP contribution >= 0.6 is 0 Å². The van der Waals surface area contributed by atoms with Crippen LogP contribution < -0.4 is 9.88 Å². The predicted octanol–water partition coefficient (Wildman–Crippen LogP) is 3.98. The van der Waals surface area contributed by atoms with Gasteiger partial charge < -0.3 is 0 Å². The zero-order chi connectivity index (χ0) is 16.3. The smallest absolute Gasteiger partial charge is 0.262 e. The van der Waals surface area contributed by atoms with E-state index in [-0.39, 0.29) is 0 Å². The zero-order valence-electron chi connectivity index (χ0n) is 12.8. The summed E-state index contributed by atoms with van der Waals surface area (Å²) in [5, 5.41) is 0. The molecule has 0 atom stereocenters. The van der Waals surface area contributed by atoms with E-state index >= 15 is 0 Å². The van der Waals surface area contributed by atoms with Crippen molar-refractivity contribution in [2.45, 2.75) is 25.4 Å². The van der Waals surface area contributed by atoms with Gasteiger partial charge in [0.2, 0.25) is 0 Å². The Morgan fingerprint density at radius 2 is 1.70 bits per heavy atom. The Kier molecular flexibility index (Phi) is 4.55. The lowest BCUT2D eigenvalue weighted by Crippen LogP contribution is -2.37. The molecule has 1 N–H and O–H groups in total. The van der Waals surface area contributed by atoms with Crippen molar-refractivity contribution in [1.29, 1.82) is 0 Å². The van der Waals surface area contributed by atoms with Gasteiger partial charge in [-0.05, 0) is 36.8 Å². The monoisotopic (exact) mass is 321 g/mol. The second kappa shape index (κ2) is 6.60. The molecule has 1 aromatic carbocycles. The van der Waals surface area contributed by atoms with Gasteiger partial charge in [0.25, 0.3) is 5.82 Å². The summed E-state index contributed by atoms with van der Waals surface area (Å²) in [4.78, 5) is 4.91. The van der Waals surface area contributed by atoms with Crippen molar-refractivity contribution in [3.05, 3.63) is 59.8 Å². The van der Waals surface area contributed by atoms with Crippen LogP contribution in [-0.2, 0) is 12.6 Å². The van der Waals surface area contributed by atoms with Crippen molar-refractivity contribution in [1.82, 2.24) is 0 Å². The van der Waals surface area contributed by atoms with E-state index in [1.807, 2.05) is 6.07 Å². The van der Waals surface area contributed by atoms with Crippen molar-refractivity contribution in [2.75, 3.05) is 18.0 Å². The van der Waals surface area contributed by atoms with Crippen molar-refractivity contribution >= 4 is 5.82 Å². The maximum atomic E-state index is 12.6. The Hall–Kier alpha value is -2.04. The van der Waals surface area contributed by atoms with Gasteiger partial charge in [-0.15, -0.1) is 0 Å². The molecule has 0 unspecified atom stereocenters. The standard InChI is InChI=1S/C18H19F3N2/c19-18(20,21)16-6-7-17(22-13-16)23-10-8-15(9-11-23)12-14-4-2-1-3-5-14/h1-7,13,15H,8-12H2/p+1. The highest BCUT2D eigenvalue weighted by atomic mass is 19.4. The molecule has 0 aliphatic carbocycles. The first-order valence-electron chi connectivity index (χ1n) is 7.90. The van der Waals surface area contributed by atoms with Crippen molar-refractivity contribution in [3.8, 4) is 0 Å². The largest absolute Gasteiger partial charge is 0.419 e. The van der Waals surface area contributed by atoms with Crippen molar-refractivity contribution in [3.63, 3.8) is 0 Å². The van der Waals surface area contributed by atoms with E-state index in [0.717, 1.165) is 50.4 Å². The average Bonchev–Trinajstić information content (AvgIpc) is 2.56. The average molecular weight is 321 g/mol. The summed E-state index contributed by atoms with van der Waals surface area (Å²) in [7, 11) is 0. The number of aromatic amines is 1. The number of aromatic nitrogens is 1. The number of anilines is 1. The van der Waals surface area contributed by atoms with Crippen LogP contribution in [0, 0.1) is 5.92 Å². The molecular formula is C18H20F3N2+. The fourth-order valence-electron chi connectivity index (χ4n) is 3.12. The second-order valence-corrected chi connectivity index (χ2v) is 6.08. The number of H-pyrrole nitrogens is 1. The minimum atomic E-state index is -4.29. The van der Waals surface area contributed by atoms with Crippen LogP contribution in [-0.4, -0.2) is 13.1 Å². The first-order chi connectivity index (χ1) is 11.0. The fourth-order valence-corrected chi connectivity index (χ4v) is 3.12. The minimum Gasteiger partial charge on any atom is -0.262 e. The molecule has 2 heterocycles. The van der Waals surface area contributed by atoms with Gasteiger partial charge in [0.15, 0.2) is 0 Å². The van der Waals surface area contributed by atoms with E-state index in [1.165, 1.54) is 11.6 Å². The lowest BCUT2D eigenvalue weighted by Gasteiger charge is -2.27. The van der Waals surface area contributed by atoms with Gasteiger partial charge in [-0.25, -0.2) is 4.98 Å². The van der Waals surface area contributed by atoms with Crippen LogP contribution in [0.2, 0.25) is 0 Å². The Morgan fingerprint density at radius 1 is 1.00 bits per heavy atom. The van der Waals surface area contributed by atoms with Gasteiger partial charge >= 0.3 is 6.18 Å². The number of rotatable bonds is 3. The van der Waals surface area contributed by atoms with Crippen molar-refractivity contribution in [2.24, 2.45) is 5.92 Å². The molecule has 0 saturated carbocycles. The molecule has 1 aliphatic heterocycles. The molecular weight excluding hydrogens is 301 g/mol. The third-order valence-electron chi connectivity index (χ3n) is 4.45. The molecule has 1 aliphatic rings. The van der Waals surface area contributed by atoms with Gasteiger partial charge in [-0.1, -0.05) is 30.3 Å². The normalized spacial score (nSPS) is 16.6. The van der Waals surface area contributed by atoms with Crippen molar-refractivity contribution < 1.29 is 18.2 Å². The summed E-state index contributed by atoms with van der Waals surface area (Å²) in [5.41, 5.74) is 0.715. The van der Waals surface area contributed by atoms with Crippen LogP contribution in [0.25, 0.3) is 0 Å². The number of pyridine rings is 1. The lowest BCUT2D eigenvalue weighted by atomic mass is 9.90. The first-order valence-corrected chi connectivity index (χ1v) is 7.90. The molecule has 1 saturated heterocycles. The predicted molar refractivity (Wildman–Crippen MR) is 83.1 cm³/mol. The van der Waals surface area contributed by atoms with Crippen LogP contribution in [0.5, 0.6) is 0 Å². The molecule has 0 radical (unpaired) electrons. The fraction of sp³-hybridized carbons (Fsp3) is 0.389. The summed E-state index contributed by atoms with van der Waals surface area (Å²) in [5.74, 6) is 1.40. The lowest BCUT2D eigenvalue weighted by molar-refractivity contribution is -0.367. The van der Waals surface area contributed by atoms with Crippen LogP contribution in [0.4, 0.5) is 19.0 Å². The van der Waals surface area contributed by atoms with E-state index in [4.69, 9.17) is 0 Å². The maximum absolute atomic E-state index is 12.6. The van der Waals surface area contributed by atoms with Gasteiger partial charge in [-0.3, -0.25) is 4.90 Å². The van der Waals surface area contributed by atoms with E-state index in [1.54, 1.807) is 0 Å². The van der Waals surface area contributed by atoms with Crippen LogP contribution in [0.15, 0.2) is 48.7 Å². The van der Waals surface area contributed by atoms with Crippen LogP contribution in [0.1, 0.15) is 24.0 Å². The summed E-state index contributed by atoms with van der Waals surface area (Å²) in [6, 6.07) is 13.1. The summed E-state index contributed by atoms with van der Waals surface area (Å²) in [6.45, 7) is 1.75. The molecule has 3 rings (SSSR count). The number of nitrogens with zero attached hydrogens (tertiary/aromatic N) is 1. The maximum Gasteiger partial charge on any atom is 0.419 e. The number of hydrogen-bond acceptors (Lipinski definition) is 1. The Morgan fingerprint density at radius 3 is 2.26 bits per heavy atom. The zero-order valence-corrected chi connectivity index (χ0v) is 12.8. The molecule has 1 fully saturated rings. The molecule has 0 amide bonds. The summed E-state index contributed by atoms with van der Waals surface area (Å²) in [6.07, 6.45) is -0.0536. The minimum absolute atomic E-state index is 0.639. The van der Waals surface area contributed by atoms with Gasteiger partial charge in [0, 0.05) is 6.07 Å². The summed E-state index contributed by atoms with van der Waals surface area (Å²) < 4.78 is 37.8. The SMILES string of the molecule is FC(F)(F)c1ccc(N2CCC(Cc3ccccc3)CC2)[nH+]c1. The highest BCUT2D eigenvalue weighted by Crippen LogP contribution is 2.29. The molecule has 0 spiro atoms. The Balaban J connectivity index is 1.56. The Bertz CT molecular complexity index is 615. The van der Waals surface area contributed by atoms with Gasteiger partial charge in [-0.2, -0.15) is 13.2 Å². The molecule has 5 heteroatoms.